The molecule has 0 bridgehead atoms. The number of hydrazone groups is 1. The maximum Gasteiger partial charge on any atom is 0.123 e. The molecule has 1 aromatic carbocycles. The topological polar surface area (TPSA) is 64.4 Å². The molecule has 0 aliphatic carbocycles. The van der Waals surface area contributed by atoms with Gasteiger partial charge in [-0.3, -0.25) is 0 Å². The molecule has 76 valence electrons. The fourth-order valence-corrected chi connectivity index (χ4v) is 1.44. The number of aryl methyl sites for hydroxylation is 1. The highest BCUT2D eigenvalue weighted by molar-refractivity contribution is 5.82. The molecule has 0 atom stereocenters. The Morgan fingerprint density at radius 2 is 2.07 bits per heavy atom. The van der Waals surface area contributed by atoms with E-state index in [4.69, 9.17) is 11.6 Å². The van der Waals surface area contributed by atoms with Crippen molar-refractivity contribution in [3.8, 4) is 0 Å². The summed E-state index contributed by atoms with van der Waals surface area (Å²) < 4.78 is 0. The Hall–Kier alpha value is -1.51. The zero-order valence-electron chi connectivity index (χ0n) is 8.53. The number of benzene rings is 1. The van der Waals surface area contributed by atoms with Gasteiger partial charge in [-0.05, 0) is 17.5 Å². The number of hydrogen-bond donors (Lipinski definition) is 2. The van der Waals surface area contributed by atoms with E-state index in [9.17, 15) is 0 Å². The molecule has 0 aliphatic heterocycles. The molecule has 4 N–H and O–H groups in total. The van der Waals surface area contributed by atoms with E-state index in [0.717, 1.165) is 12.8 Å². The van der Waals surface area contributed by atoms with E-state index in [-0.39, 0.29) is 0 Å². The molecule has 14 heavy (non-hydrogen) atoms. The lowest BCUT2D eigenvalue weighted by Gasteiger charge is -2.03. The van der Waals surface area contributed by atoms with E-state index in [1.807, 2.05) is 12.1 Å². The van der Waals surface area contributed by atoms with Crippen LogP contribution in [0.25, 0.3) is 0 Å². The number of hydrogen-bond acceptors (Lipinski definition) is 2. The molecule has 0 amide bonds. The van der Waals surface area contributed by atoms with Gasteiger partial charge in [-0.25, -0.2) is 0 Å². The highest BCUT2D eigenvalue weighted by Gasteiger charge is 1.98. The first-order valence-corrected chi connectivity index (χ1v) is 4.86. The standard InChI is InChI=1S/C11H17N3/c1-2-4-9-5-3-6-10(7-9)8-11(12)14-13/h3,5-7H,2,4,8,13H2,1H3,(H2,12,14). The van der Waals surface area contributed by atoms with Crippen LogP contribution in [0, 0.1) is 0 Å². The van der Waals surface area contributed by atoms with Crippen LogP contribution in [-0.4, -0.2) is 5.84 Å². The molecule has 0 saturated carbocycles. The summed E-state index contributed by atoms with van der Waals surface area (Å²) in [5, 5.41) is 3.45. The molecule has 3 heteroatoms. The summed E-state index contributed by atoms with van der Waals surface area (Å²) in [4.78, 5) is 0. The molecule has 0 heterocycles. The number of nitrogens with zero attached hydrogens (tertiary/aromatic N) is 1. The maximum absolute atomic E-state index is 5.55. The van der Waals surface area contributed by atoms with Gasteiger partial charge in [-0.1, -0.05) is 37.6 Å². The summed E-state index contributed by atoms with van der Waals surface area (Å²) in [6.45, 7) is 2.17. The van der Waals surface area contributed by atoms with Crippen molar-refractivity contribution >= 4 is 5.84 Å². The Labute approximate surface area is 84.8 Å². The van der Waals surface area contributed by atoms with Gasteiger partial charge in [-0.15, -0.1) is 0 Å². The molecule has 3 nitrogen and oxygen atoms in total. The second kappa shape index (κ2) is 5.27. The molecule has 1 rings (SSSR count). The van der Waals surface area contributed by atoms with Gasteiger partial charge in [0, 0.05) is 6.42 Å². The number of rotatable bonds is 4. The monoisotopic (exact) mass is 191 g/mol. The third-order valence-electron chi connectivity index (χ3n) is 2.08. The van der Waals surface area contributed by atoms with E-state index >= 15 is 0 Å². The summed E-state index contributed by atoms with van der Waals surface area (Å²) >= 11 is 0. The minimum atomic E-state index is 0.471. The van der Waals surface area contributed by atoms with E-state index in [1.165, 1.54) is 11.1 Å². The molecule has 0 spiro atoms. The first-order valence-electron chi connectivity index (χ1n) is 4.86. The molecule has 0 aliphatic rings. The van der Waals surface area contributed by atoms with Crippen molar-refractivity contribution in [2.75, 3.05) is 0 Å². The quantitative estimate of drug-likeness (QED) is 0.327. The fraction of sp³-hybridized carbons (Fsp3) is 0.364. The van der Waals surface area contributed by atoms with Crippen molar-refractivity contribution in [1.82, 2.24) is 0 Å². The summed E-state index contributed by atoms with van der Waals surface area (Å²) in [6, 6.07) is 8.37. The molecule has 0 radical (unpaired) electrons. The summed E-state index contributed by atoms with van der Waals surface area (Å²) in [5.41, 5.74) is 8.07. The van der Waals surface area contributed by atoms with Crippen LogP contribution in [0.4, 0.5) is 0 Å². The van der Waals surface area contributed by atoms with Crippen LogP contribution in [0.5, 0.6) is 0 Å². The van der Waals surface area contributed by atoms with Gasteiger partial charge in [0.15, 0.2) is 0 Å². The maximum atomic E-state index is 5.55. The van der Waals surface area contributed by atoms with Crippen LogP contribution in [-0.2, 0) is 12.8 Å². The number of nitrogens with two attached hydrogens (primary N) is 2. The Morgan fingerprint density at radius 3 is 2.71 bits per heavy atom. The minimum Gasteiger partial charge on any atom is -0.385 e. The molecular weight excluding hydrogens is 174 g/mol. The Balaban J connectivity index is 2.73. The molecule has 0 unspecified atom stereocenters. The zero-order chi connectivity index (χ0) is 10.4. The smallest absolute Gasteiger partial charge is 0.123 e. The molecule has 0 saturated heterocycles. The van der Waals surface area contributed by atoms with E-state index in [2.05, 4.69) is 24.2 Å². The number of amidine groups is 1. The molecular formula is C11H17N3. The van der Waals surface area contributed by atoms with E-state index in [1.54, 1.807) is 0 Å². The Morgan fingerprint density at radius 1 is 1.36 bits per heavy atom. The zero-order valence-corrected chi connectivity index (χ0v) is 8.53. The average Bonchev–Trinajstić information content (AvgIpc) is 2.19. The Bertz CT molecular complexity index is 318. The van der Waals surface area contributed by atoms with E-state index < -0.39 is 0 Å². The van der Waals surface area contributed by atoms with Crippen LogP contribution < -0.4 is 11.6 Å². The van der Waals surface area contributed by atoms with Crippen LogP contribution in [0.3, 0.4) is 0 Å². The van der Waals surface area contributed by atoms with Crippen LogP contribution in [0.2, 0.25) is 0 Å². The van der Waals surface area contributed by atoms with Gasteiger partial charge in [0.05, 0.1) is 0 Å². The third-order valence-corrected chi connectivity index (χ3v) is 2.08. The lowest BCUT2D eigenvalue weighted by Crippen LogP contribution is -2.16. The SMILES string of the molecule is CCCc1cccc(C/C(N)=N/N)c1. The van der Waals surface area contributed by atoms with Gasteiger partial charge in [0.2, 0.25) is 0 Å². The summed E-state index contributed by atoms with van der Waals surface area (Å²) in [7, 11) is 0. The third kappa shape index (κ3) is 3.09. The lowest BCUT2D eigenvalue weighted by atomic mass is 10.0. The predicted octanol–water partition coefficient (Wildman–Crippen LogP) is 1.41. The second-order valence-electron chi connectivity index (χ2n) is 3.37. The van der Waals surface area contributed by atoms with Gasteiger partial charge >= 0.3 is 0 Å². The molecule has 1 aromatic rings. The average molecular weight is 191 g/mol. The van der Waals surface area contributed by atoms with Gasteiger partial charge < -0.3 is 11.6 Å². The second-order valence-corrected chi connectivity index (χ2v) is 3.37. The highest BCUT2D eigenvalue weighted by atomic mass is 15.1. The van der Waals surface area contributed by atoms with Crippen LogP contribution >= 0.6 is 0 Å². The van der Waals surface area contributed by atoms with Crippen LogP contribution in [0.15, 0.2) is 29.4 Å². The van der Waals surface area contributed by atoms with Crippen molar-refractivity contribution in [3.05, 3.63) is 35.4 Å². The van der Waals surface area contributed by atoms with Gasteiger partial charge in [-0.2, -0.15) is 5.10 Å². The van der Waals surface area contributed by atoms with Crippen LogP contribution in [0.1, 0.15) is 24.5 Å². The Kier molecular flexibility index (Phi) is 3.98. The van der Waals surface area contributed by atoms with E-state index in [0.29, 0.717) is 12.3 Å². The van der Waals surface area contributed by atoms with Crippen molar-refractivity contribution in [2.24, 2.45) is 16.7 Å². The summed E-state index contributed by atoms with van der Waals surface area (Å²) in [5.74, 6) is 5.55. The van der Waals surface area contributed by atoms with Gasteiger partial charge in [0.1, 0.15) is 5.84 Å². The first-order chi connectivity index (χ1) is 6.76. The molecule has 0 aromatic heterocycles. The lowest BCUT2D eigenvalue weighted by molar-refractivity contribution is 0.919. The normalized spacial score (nSPS) is 11.6. The fourth-order valence-electron chi connectivity index (χ4n) is 1.44. The van der Waals surface area contributed by atoms with Crippen molar-refractivity contribution in [2.45, 2.75) is 26.2 Å². The predicted molar refractivity (Wildman–Crippen MR) is 60.0 cm³/mol. The highest BCUT2D eigenvalue weighted by Crippen LogP contribution is 2.08. The minimum absolute atomic E-state index is 0.471. The summed E-state index contributed by atoms with van der Waals surface area (Å²) in [6.07, 6.45) is 2.89. The molecule has 0 fully saturated rings. The van der Waals surface area contributed by atoms with Gasteiger partial charge in [0.25, 0.3) is 0 Å². The van der Waals surface area contributed by atoms with Crippen molar-refractivity contribution < 1.29 is 0 Å². The van der Waals surface area contributed by atoms with Crippen molar-refractivity contribution in [1.29, 1.82) is 0 Å². The first kappa shape index (κ1) is 10.6. The largest absolute Gasteiger partial charge is 0.385 e. The van der Waals surface area contributed by atoms with Crippen molar-refractivity contribution in [3.63, 3.8) is 0 Å².